The summed E-state index contributed by atoms with van der Waals surface area (Å²) in [5, 5.41) is 2.74. The van der Waals surface area contributed by atoms with Gasteiger partial charge in [0.1, 0.15) is 0 Å². The number of carbonyl (C=O) groups excluding carboxylic acids is 1. The predicted molar refractivity (Wildman–Crippen MR) is 65.3 cm³/mol. The number of hydrogen-bond acceptors (Lipinski definition) is 2. The van der Waals surface area contributed by atoms with Gasteiger partial charge in [0.2, 0.25) is 5.91 Å². The molecule has 2 saturated carbocycles. The molecule has 2 fully saturated rings. The minimum atomic E-state index is -4.16. The van der Waals surface area contributed by atoms with Crippen molar-refractivity contribution in [2.45, 2.75) is 69.1 Å². The van der Waals surface area contributed by atoms with E-state index in [1.54, 1.807) is 0 Å². The lowest BCUT2D eigenvalue weighted by atomic mass is 9.84. The van der Waals surface area contributed by atoms with Crippen LogP contribution in [0.5, 0.6) is 0 Å². The summed E-state index contributed by atoms with van der Waals surface area (Å²) < 4.78 is 38.1. The van der Waals surface area contributed by atoms with Crippen LogP contribution in [0.4, 0.5) is 13.2 Å². The first-order chi connectivity index (χ1) is 8.81. The van der Waals surface area contributed by atoms with Crippen LogP contribution >= 0.6 is 0 Å². The van der Waals surface area contributed by atoms with E-state index >= 15 is 0 Å². The zero-order valence-electron chi connectivity index (χ0n) is 10.9. The number of alkyl halides is 3. The normalized spacial score (nSPS) is 31.2. The monoisotopic (exact) mass is 278 g/mol. The molecule has 19 heavy (non-hydrogen) atoms. The van der Waals surface area contributed by atoms with Gasteiger partial charge in [-0.25, -0.2) is 0 Å². The fourth-order valence-corrected chi connectivity index (χ4v) is 3.18. The summed E-state index contributed by atoms with van der Waals surface area (Å²) in [6, 6.07) is -0.381. The molecule has 0 aromatic carbocycles. The van der Waals surface area contributed by atoms with Crippen molar-refractivity contribution >= 4 is 5.91 Å². The number of hydrogen-bond donors (Lipinski definition) is 2. The van der Waals surface area contributed by atoms with Crippen molar-refractivity contribution in [1.82, 2.24) is 5.32 Å². The molecular formula is C13H21F3N2O. The standard InChI is InChI=1S/C13H21F3N2O/c14-13(15,16)9-4-3-5-10(8-9)18-11(19)12(17)6-1-2-7-12/h9-10H,1-8,17H2,(H,18,19). The molecule has 6 heteroatoms. The van der Waals surface area contributed by atoms with Crippen LogP contribution in [0.25, 0.3) is 0 Å². The van der Waals surface area contributed by atoms with Gasteiger partial charge in [-0.1, -0.05) is 19.3 Å². The maximum absolute atomic E-state index is 12.7. The van der Waals surface area contributed by atoms with Crippen LogP contribution in [-0.2, 0) is 4.79 Å². The second-order valence-electron chi connectivity index (χ2n) is 5.94. The van der Waals surface area contributed by atoms with Crippen molar-refractivity contribution < 1.29 is 18.0 Å². The van der Waals surface area contributed by atoms with Gasteiger partial charge in [0.25, 0.3) is 0 Å². The SMILES string of the molecule is NC1(C(=O)NC2CCCC(C(F)(F)F)C2)CCCC1. The van der Waals surface area contributed by atoms with Gasteiger partial charge in [-0.15, -0.1) is 0 Å². The summed E-state index contributed by atoms with van der Waals surface area (Å²) in [4.78, 5) is 12.1. The maximum atomic E-state index is 12.7. The number of carbonyl (C=O) groups is 1. The van der Waals surface area contributed by atoms with Gasteiger partial charge in [-0.05, 0) is 32.1 Å². The average Bonchev–Trinajstić information content (AvgIpc) is 2.77. The molecule has 2 atom stereocenters. The third kappa shape index (κ3) is 3.41. The average molecular weight is 278 g/mol. The van der Waals surface area contributed by atoms with E-state index in [1.165, 1.54) is 0 Å². The van der Waals surface area contributed by atoms with Crippen molar-refractivity contribution in [3.05, 3.63) is 0 Å². The van der Waals surface area contributed by atoms with Gasteiger partial charge in [-0.2, -0.15) is 13.2 Å². The fraction of sp³-hybridized carbons (Fsp3) is 0.923. The molecular weight excluding hydrogens is 257 g/mol. The molecule has 0 heterocycles. The number of rotatable bonds is 2. The Morgan fingerprint density at radius 3 is 2.37 bits per heavy atom. The molecule has 0 aliphatic heterocycles. The van der Waals surface area contributed by atoms with E-state index in [4.69, 9.17) is 5.73 Å². The zero-order valence-corrected chi connectivity index (χ0v) is 10.9. The van der Waals surface area contributed by atoms with E-state index < -0.39 is 17.6 Å². The predicted octanol–water partition coefficient (Wildman–Crippen LogP) is 2.50. The lowest BCUT2D eigenvalue weighted by molar-refractivity contribution is -0.184. The van der Waals surface area contributed by atoms with Crippen LogP contribution in [-0.4, -0.2) is 23.7 Å². The quantitative estimate of drug-likeness (QED) is 0.815. The van der Waals surface area contributed by atoms with Crippen molar-refractivity contribution in [1.29, 1.82) is 0 Å². The molecule has 2 aliphatic carbocycles. The summed E-state index contributed by atoms with van der Waals surface area (Å²) in [7, 11) is 0. The largest absolute Gasteiger partial charge is 0.391 e. The maximum Gasteiger partial charge on any atom is 0.391 e. The van der Waals surface area contributed by atoms with Gasteiger partial charge in [-0.3, -0.25) is 4.79 Å². The van der Waals surface area contributed by atoms with Crippen molar-refractivity contribution in [2.24, 2.45) is 11.7 Å². The minimum Gasteiger partial charge on any atom is -0.352 e. The van der Waals surface area contributed by atoms with E-state index in [9.17, 15) is 18.0 Å². The summed E-state index contributed by atoms with van der Waals surface area (Å²) in [5.41, 5.74) is 5.15. The number of amides is 1. The topological polar surface area (TPSA) is 55.1 Å². The van der Waals surface area contributed by atoms with Crippen LogP contribution in [0.15, 0.2) is 0 Å². The van der Waals surface area contributed by atoms with E-state index in [2.05, 4.69) is 5.32 Å². The van der Waals surface area contributed by atoms with Gasteiger partial charge in [0.15, 0.2) is 0 Å². The first-order valence-corrected chi connectivity index (χ1v) is 6.98. The molecule has 0 bridgehead atoms. The molecule has 0 saturated heterocycles. The highest BCUT2D eigenvalue weighted by Crippen LogP contribution is 2.38. The Balaban J connectivity index is 1.90. The third-order valence-electron chi connectivity index (χ3n) is 4.42. The Bertz CT molecular complexity index is 337. The molecule has 3 N–H and O–H groups in total. The first-order valence-electron chi connectivity index (χ1n) is 6.98. The molecule has 0 radical (unpaired) electrons. The zero-order chi connectivity index (χ0) is 14.1. The second-order valence-corrected chi connectivity index (χ2v) is 5.94. The summed E-state index contributed by atoms with van der Waals surface area (Å²) in [6.45, 7) is 0. The highest BCUT2D eigenvalue weighted by Gasteiger charge is 2.44. The smallest absolute Gasteiger partial charge is 0.352 e. The van der Waals surface area contributed by atoms with Crippen molar-refractivity contribution in [2.75, 3.05) is 0 Å². The Hall–Kier alpha value is -0.780. The third-order valence-corrected chi connectivity index (χ3v) is 4.42. The van der Waals surface area contributed by atoms with E-state index in [-0.39, 0.29) is 24.8 Å². The first kappa shape index (κ1) is 14.6. The van der Waals surface area contributed by atoms with Crippen LogP contribution < -0.4 is 11.1 Å². The molecule has 0 spiro atoms. The van der Waals surface area contributed by atoms with Crippen LogP contribution in [0.2, 0.25) is 0 Å². The van der Waals surface area contributed by atoms with Gasteiger partial charge in [0.05, 0.1) is 11.5 Å². The molecule has 110 valence electrons. The van der Waals surface area contributed by atoms with E-state index in [1.807, 2.05) is 0 Å². The van der Waals surface area contributed by atoms with Crippen molar-refractivity contribution in [3.8, 4) is 0 Å². The van der Waals surface area contributed by atoms with Gasteiger partial charge in [0, 0.05) is 6.04 Å². The summed E-state index contributed by atoms with van der Waals surface area (Å²) >= 11 is 0. The Morgan fingerprint density at radius 1 is 1.16 bits per heavy atom. The number of halogens is 3. The molecule has 1 amide bonds. The lowest BCUT2D eigenvalue weighted by Gasteiger charge is -2.33. The fourth-order valence-electron chi connectivity index (χ4n) is 3.18. The van der Waals surface area contributed by atoms with Crippen molar-refractivity contribution in [3.63, 3.8) is 0 Å². The molecule has 2 rings (SSSR count). The second kappa shape index (κ2) is 5.31. The summed E-state index contributed by atoms with van der Waals surface area (Å²) in [6.07, 6.45) is 0.231. The molecule has 0 aromatic heterocycles. The summed E-state index contributed by atoms with van der Waals surface area (Å²) in [5.74, 6) is -1.55. The van der Waals surface area contributed by atoms with E-state index in [0.717, 1.165) is 12.8 Å². The Labute approximate surface area is 111 Å². The number of nitrogens with one attached hydrogen (secondary N) is 1. The highest BCUT2D eigenvalue weighted by atomic mass is 19.4. The molecule has 2 unspecified atom stereocenters. The number of nitrogens with two attached hydrogens (primary N) is 1. The van der Waals surface area contributed by atoms with Gasteiger partial charge >= 0.3 is 6.18 Å². The molecule has 3 nitrogen and oxygen atoms in total. The Kier molecular flexibility index (Phi) is 4.08. The Morgan fingerprint density at radius 2 is 1.79 bits per heavy atom. The minimum absolute atomic E-state index is 0.00861. The van der Waals surface area contributed by atoms with Crippen LogP contribution in [0, 0.1) is 5.92 Å². The van der Waals surface area contributed by atoms with Gasteiger partial charge < -0.3 is 11.1 Å². The molecule has 0 aromatic rings. The van der Waals surface area contributed by atoms with E-state index in [0.29, 0.717) is 25.7 Å². The lowest BCUT2D eigenvalue weighted by Crippen LogP contribution is -2.55. The van der Waals surface area contributed by atoms with Crippen LogP contribution in [0.1, 0.15) is 51.4 Å². The van der Waals surface area contributed by atoms with Crippen LogP contribution in [0.3, 0.4) is 0 Å². The highest BCUT2D eigenvalue weighted by molar-refractivity contribution is 5.86. The molecule has 2 aliphatic rings.